The highest BCUT2D eigenvalue weighted by Crippen LogP contribution is 2.40. The van der Waals surface area contributed by atoms with E-state index >= 15 is 0 Å². The minimum absolute atomic E-state index is 0.0413. The number of halogens is 2. The molecule has 2 aromatic carbocycles. The molecular weight excluding hydrogens is 475 g/mol. The first-order chi connectivity index (χ1) is 15.2. The van der Waals surface area contributed by atoms with Gasteiger partial charge in [-0.15, -0.1) is 11.3 Å². The number of sulfonamides is 1. The Morgan fingerprint density at radius 2 is 1.94 bits per heavy atom. The van der Waals surface area contributed by atoms with Gasteiger partial charge in [-0.1, -0.05) is 23.7 Å². The smallest absolute Gasteiger partial charge is 0.270 e. The van der Waals surface area contributed by atoms with E-state index in [1.165, 1.54) is 37.6 Å². The third-order valence-corrected chi connectivity index (χ3v) is 8.06. The van der Waals surface area contributed by atoms with Gasteiger partial charge in [0.05, 0.1) is 25.0 Å². The summed E-state index contributed by atoms with van der Waals surface area (Å²) < 4.78 is 46.6. The Morgan fingerprint density at radius 3 is 2.62 bits per heavy atom. The number of allylic oxidation sites excluding steroid dienone is 1. The average molecular weight is 493 g/mol. The maximum atomic E-state index is 13.4. The van der Waals surface area contributed by atoms with Crippen molar-refractivity contribution in [2.75, 3.05) is 16.7 Å². The third kappa shape index (κ3) is 3.99. The number of anilines is 2. The van der Waals surface area contributed by atoms with Crippen molar-refractivity contribution in [1.29, 1.82) is 0 Å². The molecule has 4 rings (SSSR count). The second-order valence-electron chi connectivity index (χ2n) is 7.06. The van der Waals surface area contributed by atoms with E-state index in [9.17, 15) is 17.6 Å². The molecular formula is C22H18ClFN2O4S2. The summed E-state index contributed by atoms with van der Waals surface area (Å²) in [5.41, 5.74) is 2.11. The summed E-state index contributed by atoms with van der Waals surface area (Å²) in [6.45, 7) is 1.76. The zero-order chi connectivity index (χ0) is 23.0. The molecule has 0 saturated carbocycles. The molecule has 0 unspecified atom stereocenters. The van der Waals surface area contributed by atoms with Crippen LogP contribution in [-0.4, -0.2) is 21.3 Å². The number of carbonyl (C=O) groups is 1. The molecule has 6 nitrogen and oxygen atoms in total. The van der Waals surface area contributed by atoms with Crippen LogP contribution in [0.1, 0.15) is 20.8 Å². The number of ether oxygens (including phenoxy) is 1. The van der Waals surface area contributed by atoms with Crippen molar-refractivity contribution < 1.29 is 22.3 Å². The Hall–Kier alpha value is -2.88. The first kappa shape index (κ1) is 22.3. The van der Waals surface area contributed by atoms with Crippen LogP contribution in [0.25, 0.3) is 0 Å². The number of ketones is 1. The summed E-state index contributed by atoms with van der Waals surface area (Å²) in [4.78, 5) is 12.9. The SMILES string of the molecule is COc1cc(Cl)c(C)cc1NC=C1C(=O)c2sccc2N(Cc2ccc(F)cc2)S1(=O)=O. The van der Waals surface area contributed by atoms with Gasteiger partial charge in [-0.05, 0) is 47.7 Å². The zero-order valence-electron chi connectivity index (χ0n) is 17.1. The second-order valence-corrected chi connectivity index (χ2v) is 10.2. The molecule has 166 valence electrons. The van der Waals surface area contributed by atoms with E-state index in [0.717, 1.165) is 21.2 Å². The summed E-state index contributed by atoms with van der Waals surface area (Å²) in [6, 6.07) is 10.4. The van der Waals surface area contributed by atoms with Crippen LogP contribution in [-0.2, 0) is 16.6 Å². The van der Waals surface area contributed by atoms with Crippen LogP contribution in [0, 0.1) is 12.7 Å². The number of hydrogen-bond donors (Lipinski definition) is 1. The van der Waals surface area contributed by atoms with Gasteiger partial charge in [-0.25, -0.2) is 12.8 Å². The molecule has 2 heterocycles. The fourth-order valence-corrected chi connectivity index (χ4v) is 5.94. The first-order valence-electron chi connectivity index (χ1n) is 9.42. The number of nitrogens with one attached hydrogen (secondary N) is 1. The van der Waals surface area contributed by atoms with E-state index in [-0.39, 0.29) is 6.54 Å². The van der Waals surface area contributed by atoms with Crippen molar-refractivity contribution in [3.63, 3.8) is 0 Å². The fraction of sp³-hybridized carbons (Fsp3) is 0.136. The lowest BCUT2D eigenvalue weighted by molar-refractivity contribution is 0.104. The largest absolute Gasteiger partial charge is 0.495 e. The maximum absolute atomic E-state index is 13.4. The standard InChI is InChI=1S/C22H18ClFN2O4S2/c1-13-9-17(19(30-2)10-16(13)23)25-11-20-21(27)22-18(7-8-31-22)26(32(20,28)29)12-14-3-5-15(24)6-4-14/h3-11,25H,12H2,1-2H3. The maximum Gasteiger partial charge on any atom is 0.270 e. The van der Waals surface area contributed by atoms with Gasteiger partial charge in [0.15, 0.2) is 4.91 Å². The Bertz CT molecular complexity index is 1330. The minimum atomic E-state index is -4.18. The van der Waals surface area contributed by atoms with Gasteiger partial charge in [0.2, 0.25) is 5.78 Å². The van der Waals surface area contributed by atoms with Crippen molar-refractivity contribution >= 4 is 50.1 Å². The van der Waals surface area contributed by atoms with E-state index in [2.05, 4.69) is 5.32 Å². The molecule has 1 aromatic heterocycles. The molecule has 0 bridgehead atoms. The third-order valence-electron chi connectivity index (χ3n) is 4.99. The number of hydrogen-bond acceptors (Lipinski definition) is 6. The van der Waals surface area contributed by atoms with E-state index < -0.39 is 26.5 Å². The summed E-state index contributed by atoms with van der Waals surface area (Å²) in [5.74, 6) is -0.612. The Balaban J connectivity index is 1.75. The summed E-state index contributed by atoms with van der Waals surface area (Å²) in [7, 11) is -2.72. The second kappa shape index (κ2) is 8.57. The van der Waals surface area contributed by atoms with E-state index in [0.29, 0.717) is 32.6 Å². The molecule has 0 saturated heterocycles. The summed E-state index contributed by atoms with van der Waals surface area (Å²) >= 11 is 7.29. The molecule has 1 aliphatic heterocycles. The monoisotopic (exact) mass is 492 g/mol. The molecule has 0 fully saturated rings. The molecule has 0 amide bonds. The molecule has 1 N–H and O–H groups in total. The van der Waals surface area contributed by atoms with E-state index in [4.69, 9.17) is 16.3 Å². The van der Waals surface area contributed by atoms with Crippen LogP contribution in [0.4, 0.5) is 15.8 Å². The van der Waals surface area contributed by atoms with Crippen molar-refractivity contribution in [1.82, 2.24) is 0 Å². The number of Topliss-reactive ketones (excluding diaryl/α,β-unsaturated/α-hetero) is 1. The van der Waals surface area contributed by atoms with Gasteiger partial charge in [-0.2, -0.15) is 0 Å². The molecule has 0 atom stereocenters. The molecule has 3 aromatic rings. The van der Waals surface area contributed by atoms with Crippen molar-refractivity contribution in [2.24, 2.45) is 0 Å². The predicted octanol–water partition coefficient (Wildman–Crippen LogP) is 5.34. The number of nitrogens with zero attached hydrogens (tertiary/aromatic N) is 1. The highest BCUT2D eigenvalue weighted by molar-refractivity contribution is 7.97. The van der Waals surface area contributed by atoms with Crippen LogP contribution in [0.15, 0.2) is 58.9 Å². The van der Waals surface area contributed by atoms with Crippen LogP contribution >= 0.6 is 22.9 Å². The first-order valence-corrected chi connectivity index (χ1v) is 12.1. The number of rotatable bonds is 5. The van der Waals surface area contributed by atoms with Crippen molar-refractivity contribution in [2.45, 2.75) is 13.5 Å². The molecule has 0 spiro atoms. The Labute approximate surface area is 193 Å². The topological polar surface area (TPSA) is 75.7 Å². The van der Waals surface area contributed by atoms with E-state index in [1.54, 1.807) is 30.5 Å². The van der Waals surface area contributed by atoms with Crippen LogP contribution in [0.2, 0.25) is 5.02 Å². The Morgan fingerprint density at radius 1 is 1.22 bits per heavy atom. The van der Waals surface area contributed by atoms with Gasteiger partial charge in [0.25, 0.3) is 10.0 Å². The molecule has 10 heteroatoms. The van der Waals surface area contributed by atoms with Crippen LogP contribution in [0.5, 0.6) is 5.75 Å². The van der Waals surface area contributed by atoms with Crippen LogP contribution < -0.4 is 14.4 Å². The predicted molar refractivity (Wildman–Crippen MR) is 125 cm³/mol. The van der Waals surface area contributed by atoms with Crippen molar-refractivity contribution in [3.8, 4) is 5.75 Å². The minimum Gasteiger partial charge on any atom is -0.495 e. The van der Waals surface area contributed by atoms with Gasteiger partial charge in [0.1, 0.15) is 16.4 Å². The van der Waals surface area contributed by atoms with Gasteiger partial charge < -0.3 is 10.1 Å². The highest BCUT2D eigenvalue weighted by Gasteiger charge is 2.41. The number of thiophene rings is 1. The van der Waals surface area contributed by atoms with Gasteiger partial charge in [-0.3, -0.25) is 9.10 Å². The number of aryl methyl sites for hydroxylation is 1. The quantitative estimate of drug-likeness (QED) is 0.486. The molecule has 32 heavy (non-hydrogen) atoms. The number of methoxy groups -OCH3 is 1. The lowest BCUT2D eigenvalue weighted by Gasteiger charge is -2.29. The molecule has 0 radical (unpaired) electrons. The zero-order valence-corrected chi connectivity index (χ0v) is 19.4. The van der Waals surface area contributed by atoms with Gasteiger partial charge >= 0.3 is 0 Å². The number of carbonyl (C=O) groups excluding carboxylic acids is 1. The van der Waals surface area contributed by atoms with Gasteiger partial charge in [0, 0.05) is 17.3 Å². The normalized spacial score (nSPS) is 16.2. The van der Waals surface area contributed by atoms with Crippen molar-refractivity contribution in [3.05, 3.63) is 85.8 Å². The highest BCUT2D eigenvalue weighted by atomic mass is 35.5. The average Bonchev–Trinajstić information content (AvgIpc) is 3.24. The molecule has 1 aliphatic rings. The fourth-order valence-electron chi connectivity index (χ4n) is 3.30. The Kier molecular flexibility index (Phi) is 5.98. The number of fused-ring (bicyclic) bond motifs is 1. The summed E-state index contributed by atoms with van der Waals surface area (Å²) in [5, 5.41) is 5.05. The lowest BCUT2D eigenvalue weighted by Crippen LogP contribution is -2.38. The van der Waals surface area contributed by atoms with E-state index in [1.807, 2.05) is 0 Å². The molecule has 0 aliphatic carbocycles. The van der Waals surface area contributed by atoms with Crippen LogP contribution in [0.3, 0.4) is 0 Å². The summed E-state index contributed by atoms with van der Waals surface area (Å²) in [6.07, 6.45) is 1.17. The number of benzene rings is 2. The lowest BCUT2D eigenvalue weighted by atomic mass is 10.2.